The van der Waals surface area contributed by atoms with E-state index in [-0.39, 0.29) is 5.78 Å². The number of aliphatic hydroxyl groups is 1. The third-order valence-corrected chi connectivity index (χ3v) is 3.39. The monoisotopic (exact) mass is 197 g/mol. The Bertz CT molecular complexity index is 297. The predicted molar refractivity (Wildman–Crippen MR) is 49.7 cm³/mol. The summed E-state index contributed by atoms with van der Waals surface area (Å²) in [6.45, 7) is 0. The number of rotatable bonds is 1. The van der Waals surface area contributed by atoms with Gasteiger partial charge in [-0.15, -0.1) is 0 Å². The van der Waals surface area contributed by atoms with E-state index in [4.69, 9.17) is 0 Å². The van der Waals surface area contributed by atoms with E-state index >= 15 is 0 Å². The molecule has 2 rings (SSSR count). The minimum atomic E-state index is -0.749. The van der Waals surface area contributed by atoms with Gasteiger partial charge in [0.15, 0.2) is 5.78 Å². The van der Waals surface area contributed by atoms with Crippen molar-refractivity contribution in [3.05, 3.63) is 17.1 Å². The summed E-state index contributed by atoms with van der Waals surface area (Å²) < 4.78 is 4.02. The molecule has 1 N–H and O–H groups in total. The molecular formula is C9H11NO2S. The van der Waals surface area contributed by atoms with Crippen LogP contribution in [0.1, 0.15) is 30.1 Å². The smallest absolute Gasteiger partial charge is 0.161 e. The van der Waals surface area contributed by atoms with E-state index in [1.165, 1.54) is 16.4 Å². The molecular weight excluding hydrogens is 186 g/mol. The Morgan fingerprint density at radius 2 is 2.46 bits per heavy atom. The number of carbonyl (C=O) groups excluding carboxylic acids is 1. The second-order valence-electron chi connectivity index (χ2n) is 3.37. The van der Waals surface area contributed by atoms with Crippen LogP contribution in [0.25, 0.3) is 0 Å². The Hall–Kier alpha value is -0.740. The maximum absolute atomic E-state index is 11.0. The highest BCUT2D eigenvalue weighted by molar-refractivity contribution is 7.05. The summed E-state index contributed by atoms with van der Waals surface area (Å²) in [6.07, 6.45) is 2.95. The zero-order valence-electron chi connectivity index (χ0n) is 7.14. The lowest BCUT2D eigenvalue weighted by molar-refractivity contribution is -0.129. The van der Waals surface area contributed by atoms with Gasteiger partial charge in [0, 0.05) is 17.5 Å². The van der Waals surface area contributed by atoms with Gasteiger partial charge in [-0.25, -0.2) is 4.37 Å². The molecule has 0 aliphatic heterocycles. The van der Waals surface area contributed by atoms with Crippen LogP contribution in [0.5, 0.6) is 0 Å². The van der Waals surface area contributed by atoms with Gasteiger partial charge in [0.1, 0.15) is 6.10 Å². The van der Waals surface area contributed by atoms with Crippen LogP contribution in [0.2, 0.25) is 0 Å². The van der Waals surface area contributed by atoms with Crippen LogP contribution in [-0.2, 0) is 4.79 Å². The van der Waals surface area contributed by atoms with Crippen LogP contribution < -0.4 is 0 Å². The molecule has 1 aliphatic rings. The molecule has 70 valence electrons. The fraction of sp³-hybridized carbons (Fsp3) is 0.556. The second kappa shape index (κ2) is 3.55. The van der Waals surface area contributed by atoms with Crippen LogP contribution in [0.15, 0.2) is 12.3 Å². The van der Waals surface area contributed by atoms with Crippen molar-refractivity contribution in [1.29, 1.82) is 0 Å². The van der Waals surface area contributed by atoms with Crippen LogP contribution in [0.3, 0.4) is 0 Å². The van der Waals surface area contributed by atoms with Crippen molar-refractivity contribution >= 4 is 17.3 Å². The van der Waals surface area contributed by atoms with Gasteiger partial charge in [-0.05, 0) is 36.4 Å². The molecule has 13 heavy (non-hydrogen) atoms. The number of ketones is 1. The molecule has 4 heteroatoms. The van der Waals surface area contributed by atoms with Gasteiger partial charge in [-0.2, -0.15) is 0 Å². The Morgan fingerprint density at radius 3 is 3.08 bits per heavy atom. The molecule has 0 saturated heterocycles. The lowest BCUT2D eigenvalue weighted by Crippen LogP contribution is -2.27. The van der Waals surface area contributed by atoms with Crippen molar-refractivity contribution in [2.45, 2.75) is 31.3 Å². The highest BCUT2D eigenvalue weighted by Gasteiger charge is 2.28. The molecule has 0 bridgehead atoms. The molecule has 1 fully saturated rings. The number of Topliss-reactive ketones (excluding diaryl/α,β-unsaturated/α-hetero) is 1. The highest BCUT2D eigenvalue weighted by atomic mass is 32.1. The van der Waals surface area contributed by atoms with Crippen molar-refractivity contribution in [1.82, 2.24) is 4.37 Å². The van der Waals surface area contributed by atoms with Crippen molar-refractivity contribution in [3.8, 4) is 0 Å². The zero-order valence-corrected chi connectivity index (χ0v) is 7.96. The molecule has 0 amide bonds. The third kappa shape index (κ3) is 1.78. The molecule has 1 aromatic rings. The first-order valence-electron chi connectivity index (χ1n) is 4.38. The van der Waals surface area contributed by atoms with Gasteiger partial charge >= 0.3 is 0 Å². The minimum Gasteiger partial charge on any atom is -0.385 e. The van der Waals surface area contributed by atoms with Gasteiger partial charge in [-0.1, -0.05) is 0 Å². The van der Waals surface area contributed by atoms with Crippen molar-refractivity contribution in [2.24, 2.45) is 0 Å². The Kier molecular flexibility index (Phi) is 2.42. The summed E-state index contributed by atoms with van der Waals surface area (Å²) in [6, 6.07) is 1.97. The normalized spacial score (nSPS) is 29.2. The van der Waals surface area contributed by atoms with E-state index in [1.807, 2.05) is 6.07 Å². The second-order valence-corrected chi connectivity index (χ2v) is 4.23. The SMILES string of the molecule is O=C1CCC(c2ccns2)CC1O. The number of aromatic nitrogens is 1. The van der Waals surface area contributed by atoms with Gasteiger partial charge in [0.05, 0.1) is 0 Å². The molecule has 2 unspecified atom stereocenters. The van der Waals surface area contributed by atoms with Crippen molar-refractivity contribution in [3.63, 3.8) is 0 Å². The Balaban J connectivity index is 2.07. The first kappa shape index (κ1) is 8.84. The Morgan fingerprint density at radius 1 is 1.62 bits per heavy atom. The summed E-state index contributed by atoms with van der Waals surface area (Å²) in [7, 11) is 0. The lowest BCUT2D eigenvalue weighted by Gasteiger charge is -2.23. The lowest BCUT2D eigenvalue weighted by atomic mass is 9.85. The van der Waals surface area contributed by atoms with E-state index in [1.54, 1.807) is 6.20 Å². The number of carbonyl (C=O) groups is 1. The fourth-order valence-corrected chi connectivity index (χ4v) is 2.42. The average Bonchev–Trinajstić information content (AvgIpc) is 2.62. The molecule has 1 saturated carbocycles. The molecule has 0 radical (unpaired) electrons. The quantitative estimate of drug-likeness (QED) is 0.739. The van der Waals surface area contributed by atoms with Crippen molar-refractivity contribution < 1.29 is 9.90 Å². The molecule has 2 atom stereocenters. The third-order valence-electron chi connectivity index (χ3n) is 2.48. The van der Waals surface area contributed by atoms with Crippen LogP contribution in [-0.4, -0.2) is 21.4 Å². The minimum absolute atomic E-state index is 0.0132. The van der Waals surface area contributed by atoms with Gasteiger partial charge in [0.25, 0.3) is 0 Å². The maximum Gasteiger partial charge on any atom is 0.161 e. The largest absolute Gasteiger partial charge is 0.385 e. The van der Waals surface area contributed by atoms with E-state index in [0.29, 0.717) is 18.8 Å². The summed E-state index contributed by atoms with van der Waals surface area (Å²) in [5.41, 5.74) is 0. The summed E-state index contributed by atoms with van der Waals surface area (Å²) in [5, 5.41) is 9.38. The van der Waals surface area contributed by atoms with Crippen LogP contribution in [0.4, 0.5) is 0 Å². The standard InChI is InChI=1S/C9H11NO2S/c11-7-2-1-6(5-8(7)12)9-3-4-10-13-9/h3-4,6,8,12H,1-2,5H2. The van der Waals surface area contributed by atoms with E-state index in [2.05, 4.69) is 4.37 Å². The highest BCUT2D eigenvalue weighted by Crippen LogP contribution is 2.32. The van der Waals surface area contributed by atoms with Crippen molar-refractivity contribution in [2.75, 3.05) is 0 Å². The zero-order chi connectivity index (χ0) is 9.26. The Labute approximate surface area is 80.6 Å². The van der Waals surface area contributed by atoms with Crippen LogP contribution in [0, 0.1) is 0 Å². The summed E-state index contributed by atoms with van der Waals surface area (Å²) >= 11 is 1.46. The number of nitrogens with zero attached hydrogens (tertiary/aromatic N) is 1. The van der Waals surface area contributed by atoms with Gasteiger partial charge < -0.3 is 5.11 Å². The molecule has 1 aliphatic carbocycles. The molecule has 0 spiro atoms. The average molecular weight is 197 g/mol. The topological polar surface area (TPSA) is 50.2 Å². The number of aliphatic hydroxyl groups excluding tert-OH is 1. The first-order valence-corrected chi connectivity index (χ1v) is 5.16. The van der Waals surface area contributed by atoms with Gasteiger partial charge in [-0.3, -0.25) is 4.79 Å². The predicted octanol–water partition coefficient (Wildman–Crippen LogP) is 1.34. The van der Waals surface area contributed by atoms with Crippen LogP contribution >= 0.6 is 11.5 Å². The fourth-order valence-electron chi connectivity index (χ4n) is 1.70. The number of hydrogen-bond acceptors (Lipinski definition) is 4. The molecule has 1 aromatic heterocycles. The molecule has 0 aromatic carbocycles. The maximum atomic E-state index is 11.0. The summed E-state index contributed by atoms with van der Waals surface area (Å²) in [5.74, 6) is 0.320. The van der Waals surface area contributed by atoms with E-state index in [0.717, 1.165) is 6.42 Å². The van der Waals surface area contributed by atoms with E-state index < -0.39 is 6.10 Å². The summed E-state index contributed by atoms with van der Waals surface area (Å²) in [4.78, 5) is 12.2. The number of hydrogen-bond donors (Lipinski definition) is 1. The molecule has 3 nitrogen and oxygen atoms in total. The molecule has 1 heterocycles. The first-order chi connectivity index (χ1) is 6.27. The van der Waals surface area contributed by atoms with E-state index in [9.17, 15) is 9.90 Å². The van der Waals surface area contributed by atoms with Gasteiger partial charge in [0.2, 0.25) is 0 Å².